The molecule has 0 fully saturated rings. The Morgan fingerprint density at radius 2 is 1.94 bits per heavy atom. The maximum Gasteiger partial charge on any atom is 0.267 e. The van der Waals surface area contributed by atoms with Crippen LogP contribution in [0.1, 0.15) is 15.9 Å². The van der Waals surface area contributed by atoms with Crippen molar-refractivity contribution in [1.82, 2.24) is 15.4 Å². The zero-order valence-electron chi connectivity index (χ0n) is 17.6. The van der Waals surface area contributed by atoms with E-state index in [9.17, 15) is 13.2 Å². The minimum Gasteiger partial charge on any atom is -0.496 e. The summed E-state index contributed by atoms with van der Waals surface area (Å²) in [4.78, 5) is 12.4. The van der Waals surface area contributed by atoms with Crippen LogP contribution in [0.5, 0.6) is 11.5 Å². The predicted molar refractivity (Wildman–Crippen MR) is 128 cm³/mol. The summed E-state index contributed by atoms with van der Waals surface area (Å²) in [6, 6.07) is 9.51. The number of carbonyl (C=O) groups is 1. The third kappa shape index (κ3) is 6.84. The number of sulfonamides is 1. The summed E-state index contributed by atoms with van der Waals surface area (Å²) in [5.41, 5.74) is 0.978. The highest BCUT2D eigenvalue weighted by atomic mass is 35.5. The molecule has 0 bridgehead atoms. The zero-order valence-corrected chi connectivity index (χ0v) is 20.0. The molecule has 2 rings (SSSR count). The number of ether oxygens (including phenoxy) is 2. The van der Waals surface area contributed by atoms with Gasteiger partial charge in [-0.25, -0.2) is 8.42 Å². The van der Waals surface area contributed by atoms with E-state index in [1.165, 1.54) is 32.4 Å². The number of amides is 1. The molecule has 172 valence electrons. The van der Waals surface area contributed by atoms with Crippen molar-refractivity contribution in [2.45, 2.75) is 11.3 Å². The Morgan fingerprint density at radius 1 is 1.22 bits per heavy atom. The van der Waals surface area contributed by atoms with Gasteiger partial charge in [0.2, 0.25) is 0 Å². The Kier molecular flexibility index (Phi) is 9.30. The summed E-state index contributed by atoms with van der Waals surface area (Å²) in [7, 11) is -1.01. The quantitative estimate of drug-likeness (QED) is 0.342. The van der Waals surface area contributed by atoms with Crippen LogP contribution in [0.2, 0.25) is 5.02 Å². The van der Waals surface area contributed by atoms with Crippen LogP contribution in [0.25, 0.3) is 0 Å². The van der Waals surface area contributed by atoms with Crippen LogP contribution in [0, 0.1) is 0 Å². The molecule has 2 aromatic carbocycles. The fraction of sp³-hybridized carbons (Fsp3) is 0.238. The van der Waals surface area contributed by atoms with Crippen molar-refractivity contribution in [2.24, 2.45) is 0 Å². The molecule has 0 radical (unpaired) electrons. The Bertz CT molecular complexity index is 1110. The largest absolute Gasteiger partial charge is 0.496 e. The fourth-order valence-corrected chi connectivity index (χ4v) is 4.34. The average molecular weight is 498 g/mol. The highest BCUT2D eigenvalue weighted by molar-refractivity contribution is 7.92. The highest BCUT2D eigenvalue weighted by Gasteiger charge is 2.21. The molecule has 0 aromatic heterocycles. The number of rotatable bonds is 10. The summed E-state index contributed by atoms with van der Waals surface area (Å²) in [5.74, 6) is 0.201. The number of carbonyl (C=O) groups excluding carboxylic acids is 1. The van der Waals surface area contributed by atoms with E-state index in [4.69, 9.17) is 33.3 Å². The molecule has 0 spiro atoms. The standard InChI is InChI=1S/C21H24ClN3O5S2/c1-4-11-30-18-7-5-14(12-19(18)32(27,28)25-21(31)23-2)9-10-24-20(26)16-13-15(22)6-8-17(16)29-3/h4-8,12-13H,1,9-11H2,2-3H3,(H,24,26)(H2,23,25,31). The smallest absolute Gasteiger partial charge is 0.267 e. The van der Waals surface area contributed by atoms with Crippen LogP contribution in [0.3, 0.4) is 0 Å². The summed E-state index contributed by atoms with van der Waals surface area (Å²) in [5, 5.41) is 5.70. The van der Waals surface area contributed by atoms with E-state index in [-0.39, 0.29) is 34.8 Å². The summed E-state index contributed by atoms with van der Waals surface area (Å²) < 4.78 is 38.5. The minimum absolute atomic E-state index is 0.0483. The fourth-order valence-electron chi connectivity index (χ4n) is 2.69. The molecule has 1 amide bonds. The number of thiocarbonyl (C=S) groups is 1. The van der Waals surface area contributed by atoms with Gasteiger partial charge >= 0.3 is 0 Å². The number of hydrogen-bond acceptors (Lipinski definition) is 6. The second kappa shape index (κ2) is 11.7. The molecule has 0 heterocycles. The molecule has 0 unspecified atom stereocenters. The first-order valence-electron chi connectivity index (χ1n) is 9.44. The highest BCUT2D eigenvalue weighted by Crippen LogP contribution is 2.26. The normalized spacial score (nSPS) is 10.7. The lowest BCUT2D eigenvalue weighted by atomic mass is 10.1. The number of methoxy groups -OCH3 is 1. The van der Waals surface area contributed by atoms with Gasteiger partial charge in [-0.15, -0.1) is 0 Å². The predicted octanol–water partition coefficient (Wildman–Crippen LogP) is 2.67. The van der Waals surface area contributed by atoms with Crippen molar-refractivity contribution in [1.29, 1.82) is 0 Å². The van der Waals surface area contributed by atoms with E-state index in [1.54, 1.807) is 24.3 Å². The Morgan fingerprint density at radius 3 is 2.59 bits per heavy atom. The van der Waals surface area contributed by atoms with E-state index < -0.39 is 10.0 Å². The maximum absolute atomic E-state index is 12.8. The van der Waals surface area contributed by atoms with Crippen LogP contribution in [0.15, 0.2) is 53.9 Å². The lowest BCUT2D eigenvalue weighted by molar-refractivity contribution is 0.0951. The molecule has 0 aliphatic rings. The van der Waals surface area contributed by atoms with Crippen LogP contribution in [-0.2, 0) is 16.4 Å². The first kappa shape index (κ1) is 25.4. The molecule has 32 heavy (non-hydrogen) atoms. The lowest BCUT2D eigenvalue weighted by Gasteiger charge is -2.15. The number of hydrogen-bond donors (Lipinski definition) is 3. The second-order valence-corrected chi connectivity index (χ2v) is 8.91. The molecule has 0 saturated carbocycles. The van der Waals surface area contributed by atoms with Crippen LogP contribution in [0.4, 0.5) is 0 Å². The van der Waals surface area contributed by atoms with E-state index >= 15 is 0 Å². The van der Waals surface area contributed by atoms with E-state index in [2.05, 4.69) is 21.9 Å². The van der Waals surface area contributed by atoms with E-state index in [0.717, 1.165) is 0 Å². The Balaban J connectivity index is 2.18. The second-order valence-electron chi connectivity index (χ2n) is 6.42. The van der Waals surface area contributed by atoms with Gasteiger partial charge in [0, 0.05) is 18.6 Å². The molecule has 0 saturated heterocycles. The van der Waals surface area contributed by atoms with Crippen LogP contribution >= 0.6 is 23.8 Å². The van der Waals surface area contributed by atoms with E-state index in [0.29, 0.717) is 28.3 Å². The van der Waals surface area contributed by atoms with Gasteiger partial charge in [0.1, 0.15) is 23.0 Å². The van der Waals surface area contributed by atoms with Crippen molar-refractivity contribution in [3.8, 4) is 11.5 Å². The van der Waals surface area contributed by atoms with Gasteiger partial charge in [-0.05, 0) is 54.5 Å². The van der Waals surface area contributed by atoms with Gasteiger partial charge in [-0.2, -0.15) is 0 Å². The molecule has 0 atom stereocenters. The van der Waals surface area contributed by atoms with Gasteiger partial charge in [0.15, 0.2) is 5.11 Å². The molecule has 0 aliphatic carbocycles. The summed E-state index contributed by atoms with van der Waals surface area (Å²) in [6.45, 7) is 3.96. The van der Waals surface area contributed by atoms with Gasteiger partial charge in [0.25, 0.3) is 15.9 Å². The zero-order chi connectivity index (χ0) is 23.7. The lowest BCUT2D eigenvalue weighted by Crippen LogP contribution is -2.37. The SMILES string of the molecule is C=CCOc1ccc(CCNC(=O)c2cc(Cl)ccc2OC)cc1S(=O)(=O)NC(=S)NC. The third-order valence-corrected chi connectivity index (χ3v) is 6.26. The average Bonchev–Trinajstić information content (AvgIpc) is 2.77. The number of nitrogens with one attached hydrogen (secondary N) is 3. The third-order valence-electron chi connectivity index (χ3n) is 4.21. The summed E-state index contributed by atoms with van der Waals surface area (Å²) in [6.07, 6.45) is 1.88. The van der Waals surface area contributed by atoms with Crippen molar-refractivity contribution in [3.63, 3.8) is 0 Å². The Labute approximate surface area is 198 Å². The molecule has 11 heteroatoms. The molecule has 3 N–H and O–H groups in total. The van der Waals surface area contributed by atoms with Crippen molar-refractivity contribution < 1.29 is 22.7 Å². The van der Waals surface area contributed by atoms with Crippen LogP contribution < -0.4 is 24.8 Å². The van der Waals surface area contributed by atoms with Gasteiger partial charge in [-0.3, -0.25) is 9.52 Å². The van der Waals surface area contributed by atoms with Gasteiger partial charge in [0.05, 0.1) is 12.7 Å². The topological polar surface area (TPSA) is 106 Å². The first-order chi connectivity index (χ1) is 15.2. The van der Waals surface area contributed by atoms with Crippen molar-refractivity contribution >= 4 is 44.9 Å². The monoisotopic (exact) mass is 497 g/mol. The number of benzene rings is 2. The van der Waals surface area contributed by atoms with Gasteiger partial charge < -0.3 is 20.1 Å². The minimum atomic E-state index is -3.98. The number of halogens is 1. The molecule has 2 aromatic rings. The van der Waals surface area contributed by atoms with E-state index in [1.807, 2.05) is 0 Å². The first-order valence-corrected chi connectivity index (χ1v) is 11.7. The molecule has 8 nitrogen and oxygen atoms in total. The van der Waals surface area contributed by atoms with Crippen LogP contribution in [-0.4, -0.2) is 46.7 Å². The maximum atomic E-state index is 12.8. The molecular formula is C21H24ClN3O5S2. The molecular weight excluding hydrogens is 474 g/mol. The van der Waals surface area contributed by atoms with Crippen molar-refractivity contribution in [2.75, 3.05) is 27.3 Å². The summed E-state index contributed by atoms with van der Waals surface area (Å²) >= 11 is 10.9. The van der Waals surface area contributed by atoms with Gasteiger partial charge in [-0.1, -0.05) is 30.3 Å². The van der Waals surface area contributed by atoms with Crippen molar-refractivity contribution in [3.05, 3.63) is 65.2 Å². The molecule has 0 aliphatic heterocycles. The Hall–Kier alpha value is -2.82.